The SMILES string of the molecule is Cc1oc2ccccc2c1C1OCCCC1CO. The molecule has 1 aromatic heterocycles. The standard InChI is InChI=1S/C15H18O3/c1-10-14(12-6-2-3-7-13(12)18-10)15-11(9-16)5-4-8-17-15/h2-3,6-7,11,15-16H,4-5,8-9H2,1H3. The number of hydrogen-bond acceptors (Lipinski definition) is 3. The molecule has 3 nitrogen and oxygen atoms in total. The van der Waals surface area contributed by atoms with E-state index >= 15 is 0 Å². The van der Waals surface area contributed by atoms with E-state index < -0.39 is 0 Å². The third-order valence-corrected chi connectivity index (χ3v) is 3.78. The zero-order valence-corrected chi connectivity index (χ0v) is 10.6. The lowest BCUT2D eigenvalue weighted by molar-refractivity contribution is -0.0456. The highest BCUT2D eigenvalue weighted by Gasteiger charge is 2.31. The van der Waals surface area contributed by atoms with Gasteiger partial charge in [0.2, 0.25) is 0 Å². The van der Waals surface area contributed by atoms with Gasteiger partial charge in [-0.2, -0.15) is 0 Å². The number of para-hydroxylation sites is 1. The van der Waals surface area contributed by atoms with Gasteiger partial charge in [0.25, 0.3) is 0 Å². The largest absolute Gasteiger partial charge is 0.461 e. The summed E-state index contributed by atoms with van der Waals surface area (Å²) in [5.41, 5.74) is 2.01. The van der Waals surface area contributed by atoms with E-state index in [0.29, 0.717) is 0 Å². The van der Waals surface area contributed by atoms with Gasteiger partial charge >= 0.3 is 0 Å². The molecule has 1 saturated heterocycles. The lowest BCUT2D eigenvalue weighted by Gasteiger charge is -2.30. The molecule has 2 heterocycles. The van der Waals surface area contributed by atoms with Crippen molar-refractivity contribution in [1.29, 1.82) is 0 Å². The van der Waals surface area contributed by atoms with Crippen LogP contribution in [0.5, 0.6) is 0 Å². The van der Waals surface area contributed by atoms with E-state index in [1.54, 1.807) is 0 Å². The highest BCUT2D eigenvalue weighted by Crippen LogP contribution is 2.39. The number of aryl methyl sites for hydroxylation is 1. The summed E-state index contributed by atoms with van der Waals surface area (Å²) in [7, 11) is 0. The monoisotopic (exact) mass is 246 g/mol. The molecule has 1 fully saturated rings. The zero-order valence-electron chi connectivity index (χ0n) is 10.6. The molecule has 0 saturated carbocycles. The molecule has 1 aliphatic heterocycles. The van der Waals surface area contributed by atoms with Crippen LogP contribution >= 0.6 is 0 Å². The second-order valence-electron chi connectivity index (χ2n) is 4.94. The Balaban J connectivity index is 2.09. The predicted octanol–water partition coefficient (Wildman–Crippen LogP) is 3.20. The highest BCUT2D eigenvalue weighted by atomic mass is 16.5. The fraction of sp³-hybridized carbons (Fsp3) is 0.467. The maximum Gasteiger partial charge on any atom is 0.134 e. The van der Waals surface area contributed by atoms with Crippen LogP contribution in [0.15, 0.2) is 28.7 Å². The summed E-state index contributed by atoms with van der Waals surface area (Å²) in [4.78, 5) is 0. The molecular weight excluding hydrogens is 228 g/mol. The number of furan rings is 1. The molecule has 1 aliphatic rings. The second kappa shape index (κ2) is 4.75. The molecule has 0 radical (unpaired) electrons. The second-order valence-corrected chi connectivity index (χ2v) is 4.94. The van der Waals surface area contributed by atoms with Gasteiger partial charge in [0.05, 0.1) is 6.10 Å². The van der Waals surface area contributed by atoms with Crippen LogP contribution in [0.25, 0.3) is 11.0 Å². The average Bonchev–Trinajstić information content (AvgIpc) is 2.74. The molecule has 3 rings (SSSR count). The number of hydrogen-bond donors (Lipinski definition) is 1. The van der Waals surface area contributed by atoms with Crippen molar-refractivity contribution in [3.63, 3.8) is 0 Å². The molecular formula is C15H18O3. The van der Waals surface area contributed by atoms with E-state index in [9.17, 15) is 5.11 Å². The molecule has 1 aromatic carbocycles. The van der Waals surface area contributed by atoms with Crippen LogP contribution in [0.3, 0.4) is 0 Å². The van der Waals surface area contributed by atoms with Gasteiger partial charge in [-0.05, 0) is 25.8 Å². The van der Waals surface area contributed by atoms with E-state index in [1.807, 2.05) is 25.1 Å². The van der Waals surface area contributed by atoms with Crippen LogP contribution in [0, 0.1) is 12.8 Å². The fourth-order valence-corrected chi connectivity index (χ4v) is 2.89. The minimum atomic E-state index is -0.0348. The highest BCUT2D eigenvalue weighted by molar-refractivity contribution is 5.82. The van der Waals surface area contributed by atoms with Crippen molar-refractivity contribution in [2.45, 2.75) is 25.9 Å². The van der Waals surface area contributed by atoms with Crippen molar-refractivity contribution in [3.05, 3.63) is 35.6 Å². The summed E-state index contributed by atoms with van der Waals surface area (Å²) >= 11 is 0. The van der Waals surface area contributed by atoms with Crippen LogP contribution < -0.4 is 0 Å². The van der Waals surface area contributed by atoms with Gasteiger partial charge in [-0.1, -0.05) is 18.2 Å². The summed E-state index contributed by atoms with van der Waals surface area (Å²) in [5.74, 6) is 1.08. The molecule has 2 unspecified atom stereocenters. The Morgan fingerprint density at radius 1 is 1.33 bits per heavy atom. The lowest BCUT2D eigenvalue weighted by Crippen LogP contribution is -2.25. The van der Waals surface area contributed by atoms with E-state index in [1.165, 1.54) is 0 Å². The van der Waals surface area contributed by atoms with Crippen LogP contribution in [-0.2, 0) is 4.74 Å². The molecule has 96 valence electrons. The molecule has 0 amide bonds. The van der Waals surface area contributed by atoms with Crippen molar-refractivity contribution in [3.8, 4) is 0 Å². The Kier molecular flexibility index (Phi) is 3.10. The molecule has 0 bridgehead atoms. The fourth-order valence-electron chi connectivity index (χ4n) is 2.89. The number of benzene rings is 1. The zero-order chi connectivity index (χ0) is 12.5. The molecule has 0 aliphatic carbocycles. The first-order valence-corrected chi connectivity index (χ1v) is 6.51. The molecule has 0 spiro atoms. The summed E-state index contributed by atoms with van der Waals surface area (Å²) in [6, 6.07) is 8.02. The smallest absolute Gasteiger partial charge is 0.134 e. The van der Waals surface area contributed by atoms with Crippen molar-refractivity contribution >= 4 is 11.0 Å². The number of rotatable bonds is 2. The van der Waals surface area contributed by atoms with Crippen LogP contribution in [0.4, 0.5) is 0 Å². The molecule has 2 atom stereocenters. The number of ether oxygens (including phenoxy) is 1. The Labute approximate surface area is 106 Å². The van der Waals surface area contributed by atoms with Gasteiger partial charge < -0.3 is 14.3 Å². The summed E-state index contributed by atoms with van der Waals surface area (Å²) in [5, 5.41) is 10.6. The third-order valence-electron chi connectivity index (χ3n) is 3.78. The minimum Gasteiger partial charge on any atom is -0.461 e. The summed E-state index contributed by atoms with van der Waals surface area (Å²) in [6.07, 6.45) is 2.00. The topological polar surface area (TPSA) is 42.6 Å². The van der Waals surface area contributed by atoms with Gasteiger partial charge in [-0.3, -0.25) is 0 Å². The summed E-state index contributed by atoms with van der Waals surface area (Å²) in [6.45, 7) is 2.91. The van der Waals surface area contributed by atoms with Gasteiger partial charge in [0, 0.05) is 30.1 Å². The first kappa shape index (κ1) is 11.8. The van der Waals surface area contributed by atoms with Crippen molar-refractivity contribution in [2.75, 3.05) is 13.2 Å². The lowest BCUT2D eigenvalue weighted by atomic mass is 9.89. The normalized spacial score (nSPS) is 24.6. The van der Waals surface area contributed by atoms with Crippen molar-refractivity contribution in [2.24, 2.45) is 5.92 Å². The third kappa shape index (κ3) is 1.84. The van der Waals surface area contributed by atoms with Crippen molar-refractivity contribution in [1.82, 2.24) is 0 Å². The Morgan fingerprint density at radius 2 is 2.17 bits per heavy atom. The van der Waals surface area contributed by atoms with E-state index in [-0.39, 0.29) is 18.6 Å². The Bertz CT molecular complexity index is 544. The number of fused-ring (bicyclic) bond motifs is 1. The van der Waals surface area contributed by atoms with Crippen molar-refractivity contribution < 1.29 is 14.3 Å². The van der Waals surface area contributed by atoms with Gasteiger partial charge in [-0.25, -0.2) is 0 Å². The molecule has 1 N–H and O–H groups in total. The van der Waals surface area contributed by atoms with Gasteiger partial charge in [-0.15, -0.1) is 0 Å². The molecule has 2 aromatic rings. The van der Waals surface area contributed by atoms with E-state index in [0.717, 1.165) is 41.7 Å². The maximum absolute atomic E-state index is 9.51. The first-order valence-electron chi connectivity index (χ1n) is 6.51. The minimum absolute atomic E-state index is 0.0348. The van der Waals surface area contributed by atoms with Crippen LogP contribution in [-0.4, -0.2) is 18.3 Å². The Hall–Kier alpha value is -1.32. The Morgan fingerprint density at radius 3 is 3.00 bits per heavy atom. The van der Waals surface area contributed by atoms with Crippen LogP contribution in [0.2, 0.25) is 0 Å². The average molecular weight is 246 g/mol. The first-order chi connectivity index (χ1) is 8.81. The quantitative estimate of drug-likeness (QED) is 0.884. The van der Waals surface area contributed by atoms with E-state index in [2.05, 4.69) is 6.07 Å². The number of aliphatic hydroxyl groups is 1. The van der Waals surface area contributed by atoms with E-state index in [4.69, 9.17) is 9.15 Å². The van der Waals surface area contributed by atoms with Gasteiger partial charge in [0.1, 0.15) is 11.3 Å². The predicted molar refractivity (Wildman–Crippen MR) is 69.5 cm³/mol. The van der Waals surface area contributed by atoms with Gasteiger partial charge in [0.15, 0.2) is 0 Å². The number of aliphatic hydroxyl groups excluding tert-OH is 1. The molecule has 18 heavy (non-hydrogen) atoms. The molecule has 3 heteroatoms. The maximum atomic E-state index is 9.51. The summed E-state index contributed by atoms with van der Waals surface area (Å²) < 4.78 is 11.7. The van der Waals surface area contributed by atoms with Crippen LogP contribution in [0.1, 0.15) is 30.3 Å².